The predicted molar refractivity (Wildman–Crippen MR) is 71.3 cm³/mol. The molecule has 1 aliphatic rings. The number of hydrogen-bond donors (Lipinski definition) is 1. The highest BCUT2D eigenvalue weighted by atomic mass is 33.1. The van der Waals surface area contributed by atoms with Crippen LogP contribution in [0.3, 0.4) is 0 Å². The van der Waals surface area contributed by atoms with E-state index >= 15 is 0 Å². The van der Waals surface area contributed by atoms with E-state index in [0.29, 0.717) is 5.25 Å². The van der Waals surface area contributed by atoms with Crippen molar-refractivity contribution in [3.05, 3.63) is 35.9 Å². The van der Waals surface area contributed by atoms with Crippen molar-refractivity contribution in [3.8, 4) is 0 Å². The molecule has 0 aliphatic carbocycles. The summed E-state index contributed by atoms with van der Waals surface area (Å²) in [5.74, 6) is 0. The summed E-state index contributed by atoms with van der Waals surface area (Å²) < 4.78 is 0. The number of nitrogens with zero attached hydrogens (tertiary/aromatic N) is 1. The molecular formula is C12H17NS2. The summed E-state index contributed by atoms with van der Waals surface area (Å²) >= 11 is 4.32. The van der Waals surface area contributed by atoms with Crippen LogP contribution >= 0.6 is 22.5 Å². The fourth-order valence-electron chi connectivity index (χ4n) is 2.08. The van der Waals surface area contributed by atoms with Gasteiger partial charge in [0.05, 0.1) is 0 Å². The lowest BCUT2D eigenvalue weighted by Crippen LogP contribution is -2.35. The zero-order valence-electron chi connectivity index (χ0n) is 8.80. The van der Waals surface area contributed by atoms with Gasteiger partial charge in [0.1, 0.15) is 0 Å². The number of rotatable bonds is 3. The Morgan fingerprint density at radius 1 is 1.33 bits per heavy atom. The second kappa shape index (κ2) is 5.83. The normalized spacial score (nSPS) is 22.9. The van der Waals surface area contributed by atoms with Gasteiger partial charge >= 0.3 is 0 Å². The van der Waals surface area contributed by atoms with Crippen LogP contribution in [0.15, 0.2) is 30.3 Å². The molecule has 1 unspecified atom stereocenters. The largest absolute Gasteiger partial charge is 0.298 e. The molecule has 1 saturated heterocycles. The third-order valence-electron chi connectivity index (χ3n) is 2.86. The Kier molecular flexibility index (Phi) is 4.42. The zero-order chi connectivity index (χ0) is 10.5. The van der Waals surface area contributed by atoms with Gasteiger partial charge in [-0.2, -0.15) is 0 Å². The van der Waals surface area contributed by atoms with Gasteiger partial charge in [0.15, 0.2) is 0 Å². The van der Waals surface area contributed by atoms with E-state index in [1.807, 2.05) is 0 Å². The fourth-order valence-corrected chi connectivity index (χ4v) is 3.15. The van der Waals surface area contributed by atoms with Gasteiger partial charge in [0, 0.05) is 18.3 Å². The second-order valence-corrected chi connectivity index (χ2v) is 5.60. The number of benzene rings is 1. The quantitative estimate of drug-likeness (QED) is 0.637. The standard InChI is InChI=1S/C12H17NS2/c14-15-12-7-4-8-13(10-12)9-11-5-2-1-3-6-11/h1-3,5-6,12,14H,4,7-10H2. The first kappa shape index (κ1) is 11.4. The second-order valence-electron chi connectivity index (χ2n) is 4.09. The van der Waals surface area contributed by atoms with Crippen molar-refractivity contribution in [3.63, 3.8) is 0 Å². The van der Waals surface area contributed by atoms with Crippen LogP contribution in [-0.2, 0) is 6.54 Å². The molecule has 1 fully saturated rings. The van der Waals surface area contributed by atoms with Gasteiger partial charge in [-0.1, -0.05) is 41.1 Å². The van der Waals surface area contributed by atoms with Crippen LogP contribution in [0.25, 0.3) is 0 Å². The first-order valence-corrected chi connectivity index (χ1v) is 7.38. The zero-order valence-corrected chi connectivity index (χ0v) is 10.5. The molecule has 1 nitrogen and oxygen atoms in total. The Morgan fingerprint density at radius 3 is 2.87 bits per heavy atom. The maximum Gasteiger partial charge on any atom is 0.0277 e. The van der Waals surface area contributed by atoms with Crippen molar-refractivity contribution in [2.45, 2.75) is 24.6 Å². The molecular weight excluding hydrogens is 222 g/mol. The average Bonchev–Trinajstić information content (AvgIpc) is 2.31. The molecule has 0 amide bonds. The minimum Gasteiger partial charge on any atom is -0.298 e. The van der Waals surface area contributed by atoms with Gasteiger partial charge in [-0.3, -0.25) is 4.90 Å². The summed E-state index contributed by atoms with van der Waals surface area (Å²) in [4.78, 5) is 2.53. The Morgan fingerprint density at radius 2 is 2.13 bits per heavy atom. The van der Waals surface area contributed by atoms with Gasteiger partial charge < -0.3 is 0 Å². The first-order valence-electron chi connectivity index (χ1n) is 5.45. The van der Waals surface area contributed by atoms with Gasteiger partial charge in [-0.05, 0) is 24.9 Å². The smallest absolute Gasteiger partial charge is 0.0277 e. The molecule has 1 aromatic rings. The molecule has 3 heteroatoms. The van der Waals surface area contributed by atoms with Crippen LogP contribution in [0.4, 0.5) is 0 Å². The maximum atomic E-state index is 4.32. The third-order valence-corrected chi connectivity index (χ3v) is 4.44. The van der Waals surface area contributed by atoms with Crippen LogP contribution in [-0.4, -0.2) is 23.2 Å². The van der Waals surface area contributed by atoms with Crippen LogP contribution in [0.5, 0.6) is 0 Å². The molecule has 0 N–H and O–H groups in total. The van der Waals surface area contributed by atoms with Gasteiger partial charge in [-0.25, -0.2) is 0 Å². The van der Waals surface area contributed by atoms with E-state index in [-0.39, 0.29) is 0 Å². The minimum absolute atomic E-state index is 0.714. The minimum atomic E-state index is 0.714. The Bertz CT molecular complexity index is 289. The average molecular weight is 239 g/mol. The molecule has 0 aromatic heterocycles. The molecule has 82 valence electrons. The predicted octanol–water partition coefficient (Wildman–Crippen LogP) is 3.23. The van der Waals surface area contributed by atoms with Crippen molar-refractivity contribution >= 4 is 22.5 Å². The van der Waals surface area contributed by atoms with Crippen LogP contribution in [0, 0.1) is 0 Å². The van der Waals surface area contributed by atoms with E-state index in [1.54, 1.807) is 10.8 Å². The molecule has 1 atom stereocenters. The van der Waals surface area contributed by atoms with Crippen molar-refractivity contribution in [2.75, 3.05) is 13.1 Å². The lowest BCUT2D eigenvalue weighted by Gasteiger charge is -2.31. The van der Waals surface area contributed by atoms with Crippen molar-refractivity contribution < 1.29 is 0 Å². The SMILES string of the molecule is SSC1CCCN(Cc2ccccc2)C1. The van der Waals surface area contributed by atoms with Gasteiger partial charge in [0.25, 0.3) is 0 Å². The Balaban J connectivity index is 1.89. The molecule has 0 saturated carbocycles. The van der Waals surface area contributed by atoms with Crippen LogP contribution < -0.4 is 0 Å². The van der Waals surface area contributed by atoms with Crippen molar-refractivity contribution in [1.29, 1.82) is 0 Å². The number of likely N-dealkylation sites (tertiary alicyclic amines) is 1. The topological polar surface area (TPSA) is 3.24 Å². The van der Waals surface area contributed by atoms with Crippen molar-refractivity contribution in [2.24, 2.45) is 0 Å². The number of thiol groups is 1. The summed E-state index contributed by atoms with van der Waals surface area (Å²) in [6.45, 7) is 3.51. The summed E-state index contributed by atoms with van der Waals surface area (Å²) in [5.41, 5.74) is 1.42. The molecule has 2 rings (SSSR count). The van der Waals surface area contributed by atoms with Gasteiger partial charge in [-0.15, -0.1) is 11.7 Å². The fraction of sp³-hybridized carbons (Fsp3) is 0.500. The summed E-state index contributed by atoms with van der Waals surface area (Å²) in [7, 11) is 1.71. The molecule has 0 spiro atoms. The summed E-state index contributed by atoms with van der Waals surface area (Å²) in [5, 5.41) is 0.714. The Hall–Kier alpha value is -0.120. The van der Waals surface area contributed by atoms with E-state index in [0.717, 1.165) is 6.54 Å². The number of piperidine rings is 1. The Labute approximate surface area is 101 Å². The highest BCUT2D eigenvalue weighted by Gasteiger charge is 2.18. The monoisotopic (exact) mass is 239 g/mol. The van der Waals surface area contributed by atoms with Crippen LogP contribution in [0.1, 0.15) is 18.4 Å². The molecule has 1 heterocycles. The highest BCUT2D eigenvalue weighted by molar-refractivity contribution is 8.68. The molecule has 0 radical (unpaired) electrons. The van der Waals surface area contributed by atoms with Crippen molar-refractivity contribution in [1.82, 2.24) is 4.90 Å². The van der Waals surface area contributed by atoms with E-state index in [1.165, 1.54) is 31.5 Å². The molecule has 15 heavy (non-hydrogen) atoms. The lowest BCUT2D eigenvalue weighted by molar-refractivity contribution is 0.226. The van der Waals surface area contributed by atoms with E-state index in [2.05, 4.69) is 46.9 Å². The third kappa shape index (κ3) is 3.44. The van der Waals surface area contributed by atoms with E-state index < -0.39 is 0 Å². The van der Waals surface area contributed by atoms with Gasteiger partial charge in [0.2, 0.25) is 0 Å². The first-order chi connectivity index (χ1) is 7.38. The lowest BCUT2D eigenvalue weighted by atomic mass is 10.1. The highest BCUT2D eigenvalue weighted by Crippen LogP contribution is 2.25. The summed E-state index contributed by atoms with van der Waals surface area (Å²) in [6.07, 6.45) is 2.63. The molecule has 0 bridgehead atoms. The molecule has 1 aliphatic heterocycles. The number of hydrogen-bond acceptors (Lipinski definition) is 3. The van der Waals surface area contributed by atoms with E-state index in [4.69, 9.17) is 0 Å². The summed E-state index contributed by atoms with van der Waals surface area (Å²) in [6, 6.07) is 10.7. The molecule has 1 aromatic carbocycles. The maximum absolute atomic E-state index is 4.32. The van der Waals surface area contributed by atoms with E-state index in [9.17, 15) is 0 Å². The van der Waals surface area contributed by atoms with Crippen LogP contribution in [0.2, 0.25) is 0 Å².